The van der Waals surface area contributed by atoms with Crippen LogP contribution in [-0.2, 0) is 22.5 Å². The summed E-state index contributed by atoms with van der Waals surface area (Å²) in [4.78, 5) is 29.4. The number of morpholine rings is 1. The van der Waals surface area contributed by atoms with E-state index in [0.29, 0.717) is 19.1 Å². The van der Waals surface area contributed by atoms with Crippen molar-refractivity contribution in [3.8, 4) is 0 Å². The number of ether oxygens (including phenoxy) is 1. The number of fused-ring (bicyclic) bond motifs is 1. The Morgan fingerprint density at radius 1 is 0.946 bits per heavy atom. The van der Waals surface area contributed by atoms with E-state index in [9.17, 15) is 4.79 Å². The number of carbonyl (C=O) groups excluding carboxylic acids is 1. The second kappa shape index (κ2) is 10.4. The van der Waals surface area contributed by atoms with Gasteiger partial charge in [-0.3, -0.25) is 14.6 Å². The van der Waals surface area contributed by atoms with Gasteiger partial charge in [0.2, 0.25) is 5.91 Å². The van der Waals surface area contributed by atoms with Gasteiger partial charge in [-0.2, -0.15) is 0 Å². The summed E-state index contributed by atoms with van der Waals surface area (Å²) >= 11 is 0. The predicted octanol–water partition coefficient (Wildman–Crippen LogP) is 2.64. The number of likely N-dealkylation sites (tertiary alicyclic amines) is 1. The minimum atomic E-state index is 0.247. The van der Waals surface area contributed by atoms with E-state index < -0.39 is 0 Å². The van der Waals surface area contributed by atoms with Gasteiger partial charge in [0.05, 0.1) is 32.0 Å². The molecule has 3 aliphatic heterocycles. The molecule has 8 heteroatoms. The fourth-order valence-corrected chi connectivity index (χ4v) is 8.98. The molecule has 0 unspecified atom stereocenters. The number of nitrogens with zero attached hydrogens (tertiary/aromatic N) is 5. The van der Waals surface area contributed by atoms with Gasteiger partial charge in [-0.15, -0.1) is 0 Å². The number of nitrogens with one attached hydrogen (secondary N) is 1. The van der Waals surface area contributed by atoms with E-state index in [1.807, 2.05) is 4.90 Å². The molecule has 1 aromatic heterocycles. The van der Waals surface area contributed by atoms with Gasteiger partial charge < -0.3 is 15.0 Å². The second-order valence-corrected chi connectivity index (χ2v) is 12.8. The highest BCUT2D eigenvalue weighted by atomic mass is 16.5. The number of carbonyl (C=O) groups is 1. The van der Waals surface area contributed by atoms with Gasteiger partial charge >= 0.3 is 0 Å². The lowest BCUT2D eigenvalue weighted by Gasteiger charge is -2.54. The molecule has 4 bridgehead atoms. The van der Waals surface area contributed by atoms with Gasteiger partial charge in [-0.1, -0.05) is 0 Å². The van der Waals surface area contributed by atoms with Crippen molar-refractivity contribution in [3.63, 3.8) is 0 Å². The van der Waals surface area contributed by atoms with Crippen LogP contribution in [0.25, 0.3) is 0 Å². The summed E-state index contributed by atoms with van der Waals surface area (Å²) in [5.74, 6) is 5.97. The van der Waals surface area contributed by atoms with E-state index in [0.717, 1.165) is 113 Å². The third-order valence-corrected chi connectivity index (χ3v) is 10.8. The molecule has 0 radical (unpaired) electrons. The number of hydrogen-bond acceptors (Lipinski definition) is 7. The maximum Gasteiger partial charge on any atom is 0.237 e. The molecule has 4 aliphatic carbocycles. The van der Waals surface area contributed by atoms with E-state index in [2.05, 4.69) is 25.1 Å². The Bertz CT molecular complexity index is 945. The Labute approximate surface area is 221 Å². The maximum absolute atomic E-state index is 13.2. The molecule has 1 aromatic rings. The van der Waals surface area contributed by atoms with Gasteiger partial charge in [0.15, 0.2) is 0 Å². The number of amides is 1. The fraction of sp³-hybridized carbons (Fsp3) is 0.828. The Hall–Kier alpha value is -1.77. The van der Waals surface area contributed by atoms with Crippen LogP contribution in [0.15, 0.2) is 6.33 Å². The standard InChI is InChI=1S/C29H44N6O2/c36-28(18-33-4-1-24(2-5-33)34-7-9-37-10-8-34)35-6-3-25-27(17-35)31-19-32-29(25)30-16-26-22-12-20-11-21(14-22)15-23(26)13-20/h19-24,26H,1-18H2,(H,30,31,32). The fourth-order valence-electron chi connectivity index (χ4n) is 8.98. The number of anilines is 1. The predicted molar refractivity (Wildman–Crippen MR) is 142 cm³/mol. The molecule has 0 aromatic carbocycles. The molecule has 8 rings (SSSR count). The number of hydrogen-bond donors (Lipinski definition) is 1. The summed E-state index contributed by atoms with van der Waals surface area (Å²) in [6.07, 6.45) is 12.2. The Morgan fingerprint density at radius 3 is 2.41 bits per heavy atom. The summed E-state index contributed by atoms with van der Waals surface area (Å²) in [5.41, 5.74) is 2.27. The van der Waals surface area contributed by atoms with Gasteiger partial charge in [-0.25, -0.2) is 9.97 Å². The molecule has 1 N–H and O–H groups in total. The van der Waals surface area contributed by atoms with Crippen LogP contribution >= 0.6 is 0 Å². The van der Waals surface area contributed by atoms with E-state index in [1.165, 1.54) is 37.7 Å². The Balaban J connectivity index is 0.917. The monoisotopic (exact) mass is 508 g/mol. The van der Waals surface area contributed by atoms with Crippen molar-refractivity contribution in [1.82, 2.24) is 24.7 Å². The van der Waals surface area contributed by atoms with Crippen molar-refractivity contribution in [2.24, 2.45) is 29.6 Å². The SMILES string of the molecule is O=C(CN1CCC(N2CCOCC2)CC1)N1CCc2c(ncnc2NCC2C3CC4CC(C3)CC2C4)C1. The molecule has 1 amide bonds. The van der Waals surface area contributed by atoms with E-state index in [1.54, 1.807) is 6.33 Å². The molecular weight excluding hydrogens is 464 g/mol. The van der Waals surface area contributed by atoms with Crippen molar-refractivity contribution in [2.45, 2.75) is 64.0 Å². The topological polar surface area (TPSA) is 73.8 Å². The van der Waals surface area contributed by atoms with E-state index >= 15 is 0 Å². The van der Waals surface area contributed by atoms with Crippen molar-refractivity contribution in [1.29, 1.82) is 0 Å². The summed E-state index contributed by atoms with van der Waals surface area (Å²) in [6.45, 7) is 8.84. The van der Waals surface area contributed by atoms with Crippen molar-refractivity contribution in [3.05, 3.63) is 17.6 Å². The summed E-state index contributed by atoms with van der Waals surface area (Å²) in [6, 6.07) is 0.651. The smallest absolute Gasteiger partial charge is 0.237 e. The highest BCUT2D eigenvalue weighted by Gasteiger charge is 2.48. The number of piperidine rings is 1. The van der Waals surface area contributed by atoms with Crippen LogP contribution in [0.3, 0.4) is 0 Å². The molecule has 0 spiro atoms. The second-order valence-electron chi connectivity index (χ2n) is 12.8. The molecule has 4 heterocycles. The molecule has 0 atom stereocenters. The molecule has 202 valence electrons. The molecule has 6 fully saturated rings. The first-order valence-electron chi connectivity index (χ1n) is 15.1. The normalized spacial score (nSPS) is 34.5. The summed E-state index contributed by atoms with van der Waals surface area (Å²) in [5, 5.41) is 3.77. The van der Waals surface area contributed by atoms with Crippen molar-refractivity contribution >= 4 is 11.7 Å². The van der Waals surface area contributed by atoms with E-state index in [-0.39, 0.29) is 5.91 Å². The van der Waals surface area contributed by atoms with E-state index in [4.69, 9.17) is 4.74 Å². The highest BCUT2D eigenvalue weighted by Crippen LogP contribution is 2.56. The van der Waals surface area contributed by atoms with Crippen molar-refractivity contribution < 1.29 is 9.53 Å². The van der Waals surface area contributed by atoms with Crippen LogP contribution in [0.5, 0.6) is 0 Å². The van der Waals surface area contributed by atoms with Crippen LogP contribution in [0.4, 0.5) is 5.82 Å². The average Bonchev–Trinajstić information content (AvgIpc) is 2.93. The first-order valence-corrected chi connectivity index (χ1v) is 15.1. The maximum atomic E-state index is 13.2. The Morgan fingerprint density at radius 2 is 1.68 bits per heavy atom. The first kappa shape index (κ1) is 24.3. The van der Waals surface area contributed by atoms with Gasteiger partial charge in [0, 0.05) is 50.9 Å². The zero-order valence-corrected chi connectivity index (χ0v) is 22.3. The molecule has 2 saturated heterocycles. The van der Waals surface area contributed by atoms with Crippen LogP contribution in [0, 0.1) is 29.6 Å². The van der Waals surface area contributed by atoms with Gasteiger partial charge in [-0.05, 0) is 81.0 Å². The first-order chi connectivity index (χ1) is 18.2. The minimum Gasteiger partial charge on any atom is -0.379 e. The zero-order chi connectivity index (χ0) is 24.8. The molecule has 7 aliphatic rings. The summed E-state index contributed by atoms with van der Waals surface area (Å²) in [7, 11) is 0. The largest absolute Gasteiger partial charge is 0.379 e. The average molecular weight is 509 g/mol. The summed E-state index contributed by atoms with van der Waals surface area (Å²) < 4.78 is 5.51. The molecular formula is C29H44N6O2. The quantitative estimate of drug-likeness (QED) is 0.633. The lowest BCUT2D eigenvalue weighted by atomic mass is 9.52. The minimum absolute atomic E-state index is 0.247. The molecule has 4 saturated carbocycles. The van der Waals surface area contributed by atoms with Crippen LogP contribution in [0.1, 0.15) is 56.2 Å². The van der Waals surface area contributed by atoms with Crippen molar-refractivity contribution in [2.75, 3.05) is 64.3 Å². The highest BCUT2D eigenvalue weighted by molar-refractivity contribution is 5.78. The molecule has 8 nitrogen and oxygen atoms in total. The van der Waals surface area contributed by atoms with Gasteiger partial charge in [0.25, 0.3) is 0 Å². The zero-order valence-electron chi connectivity index (χ0n) is 22.3. The third-order valence-electron chi connectivity index (χ3n) is 10.8. The third kappa shape index (κ3) is 5.01. The number of aromatic nitrogens is 2. The molecule has 37 heavy (non-hydrogen) atoms. The van der Waals surface area contributed by atoms with Crippen LogP contribution in [0.2, 0.25) is 0 Å². The number of rotatable bonds is 6. The lowest BCUT2D eigenvalue weighted by molar-refractivity contribution is -0.133. The lowest BCUT2D eigenvalue weighted by Crippen LogP contribution is -2.51. The van der Waals surface area contributed by atoms with Crippen LogP contribution < -0.4 is 5.32 Å². The van der Waals surface area contributed by atoms with Crippen LogP contribution in [-0.4, -0.2) is 95.6 Å². The van der Waals surface area contributed by atoms with Gasteiger partial charge in [0.1, 0.15) is 12.1 Å². The Kier molecular flexibility index (Phi) is 6.84.